The number of carbonyl (C=O) groups excluding carboxylic acids is 2. The van der Waals surface area contributed by atoms with E-state index in [9.17, 15) is 18.0 Å². The van der Waals surface area contributed by atoms with Crippen molar-refractivity contribution >= 4 is 33.2 Å². The predicted octanol–water partition coefficient (Wildman–Crippen LogP) is 2.66. The molecule has 0 aliphatic heterocycles. The average molecular weight is 472 g/mol. The molecule has 0 aliphatic rings. The minimum absolute atomic E-state index is 0.0161. The number of carbonyl (C=O) groups is 2. The van der Waals surface area contributed by atoms with Crippen molar-refractivity contribution in [2.45, 2.75) is 23.9 Å². The Labute approximate surface area is 192 Å². The quantitative estimate of drug-likeness (QED) is 0.502. The van der Waals surface area contributed by atoms with Crippen molar-refractivity contribution in [2.24, 2.45) is 0 Å². The van der Waals surface area contributed by atoms with Gasteiger partial charge in [0.25, 0.3) is 5.91 Å². The summed E-state index contributed by atoms with van der Waals surface area (Å²) in [7, 11) is -0.741. The fourth-order valence-electron chi connectivity index (χ4n) is 3.10. The number of hydrogen-bond donors (Lipinski definition) is 2. The second-order valence-corrected chi connectivity index (χ2v) is 10.4. The molecule has 7 nitrogen and oxygen atoms in total. The molecule has 1 atom stereocenters. The van der Waals surface area contributed by atoms with E-state index in [1.54, 1.807) is 35.7 Å². The summed E-state index contributed by atoms with van der Waals surface area (Å²) in [5.74, 6) is -0.720. The van der Waals surface area contributed by atoms with Gasteiger partial charge in [-0.25, -0.2) is 12.7 Å². The second kappa shape index (κ2) is 10.5. The fraction of sp³-hybridized carbons (Fsp3) is 0.217. The molecule has 3 rings (SSSR count). The lowest BCUT2D eigenvalue weighted by atomic mass is 10.0. The number of thiophene rings is 1. The summed E-state index contributed by atoms with van der Waals surface area (Å²) >= 11 is 1.29. The highest BCUT2D eigenvalue weighted by Gasteiger charge is 2.24. The van der Waals surface area contributed by atoms with Gasteiger partial charge in [-0.2, -0.15) is 0 Å². The molecule has 0 saturated carbocycles. The van der Waals surface area contributed by atoms with Crippen molar-refractivity contribution in [2.75, 3.05) is 14.1 Å². The van der Waals surface area contributed by atoms with Gasteiger partial charge in [-0.1, -0.05) is 54.6 Å². The SMILES string of the molecule is CN(C)S(=O)(=O)c1ccccc1CNC(=O)C(Cc1ccccc1)NC(=O)c1cccs1. The maximum atomic E-state index is 13.0. The van der Waals surface area contributed by atoms with Crippen LogP contribution in [0.25, 0.3) is 0 Å². The van der Waals surface area contributed by atoms with Gasteiger partial charge in [-0.05, 0) is 28.6 Å². The summed E-state index contributed by atoms with van der Waals surface area (Å²) in [5.41, 5.74) is 1.37. The molecule has 168 valence electrons. The smallest absolute Gasteiger partial charge is 0.262 e. The highest BCUT2D eigenvalue weighted by molar-refractivity contribution is 7.89. The first kappa shape index (κ1) is 23.6. The molecule has 2 N–H and O–H groups in total. The number of rotatable bonds is 9. The van der Waals surface area contributed by atoms with Crippen LogP contribution in [0.15, 0.2) is 77.0 Å². The van der Waals surface area contributed by atoms with Gasteiger partial charge in [0.2, 0.25) is 15.9 Å². The summed E-state index contributed by atoms with van der Waals surface area (Å²) in [4.78, 5) is 26.3. The molecule has 32 heavy (non-hydrogen) atoms. The molecule has 0 fully saturated rings. The van der Waals surface area contributed by atoms with E-state index in [2.05, 4.69) is 10.6 Å². The first-order valence-corrected chi connectivity index (χ1v) is 12.3. The minimum atomic E-state index is -3.66. The number of hydrogen-bond acceptors (Lipinski definition) is 5. The molecular weight excluding hydrogens is 446 g/mol. The normalized spacial score (nSPS) is 12.3. The van der Waals surface area contributed by atoms with Gasteiger partial charge in [0, 0.05) is 27.1 Å². The summed E-state index contributed by atoms with van der Waals surface area (Å²) < 4.78 is 26.3. The predicted molar refractivity (Wildman–Crippen MR) is 125 cm³/mol. The van der Waals surface area contributed by atoms with Gasteiger partial charge in [0.15, 0.2) is 0 Å². The summed E-state index contributed by atoms with van der Waals surface area (Å²) in [6.45, 7) is 0.0161. The third-order valence-corrected chi connectivity index (χ3v) is 7.62. The van der Waals surface area contributed by atoms with Gasteiger partial charge in [-0.15, -0.1) is 11.3 Å². The van der Waals surface area contributed by atoms with Crippen LogP contribution in [0, 0.1) is 0 Å². The molecule has 0 radical (unpaired) electrons. The Bertz CT molecular complexity index is 1160. The standard InChI is InChI=1S/C23H25N3O4S2/c1-26(2)32(29,30)21-13-7-6-11-18(21)16-24-22(27)19(15-17-9-4-3-5-10-17)25-23(28)20-12-8-14-31-20/h3-14,19H,15-16H2,1-2H3,(H,24,27)(H,25,28). The third kappa shape index (κ3) is 5.82. The summed E-state index contributed by atoms with van der Waals surface area (Å²) in [6, 6.07) is 18.6. The van der Waals surface area contributed by atoms with Crippen molar-refractivity contribution in [3.05, 3.63) is 88.1 Å². The fourth-order valence-corrected chi connectivity index (χ4v) is 4.84. The second-order valence-electron chi connectivity index (χ2n) is 7.31. The zero-order chi connectivity index (χ0) is 23.1. The highest BCUT2D eigenvalue weighted by Crippen LogP contribution is 2.18. The molecule has 1 heterocycles. The van der Waals surface area contributed by atoms with Crippen molar-refractivity contribution in [1.82, 2.24) is 14.9 Å². The van der Waals surface area contributed by atoms with Crippen LogP contribution in [0.3, 0.4) is 0 Å². The van der Waals surface area contributed by atoms with Crippen molar-refractivity contribution in [3.63, 3.8) is 0 Å². The monoisotopic (exact) mass is 471 g/mol. The Balaban J connectivity index is 1.78. The van der Waals surface area contributed by atoms with E-state index >= 15 is 0 Å². The Morgan fingerprint density at radius 3 is 2.31 bits per heavy atom. The van der Waals surface area contributed by atoms with E-state index in [4.69, 9.17) is 0 Å². The zero-order valence-corrected chi connectivity index (χ0v) is 19.4. The average Bonchev–Trinajstić information content (AvgIpc) is 3.33. The van der Waals surface area contributed by atoms with Crippen LogP contribution in [-0.4, -0.2) is 44.7 Å². The van der Waals surface area contributed by atoms with E-state index in [-0.39, 0.29) is 17.3 Å². The van der Waals surface area contributed by atoms with Crippen LogP contribution in [0.1, 0.15) is 20.8 Å². The lowest BCUT2D eigenvalue weighted by Crippen LogP contribution is -2.47. The highest BCUT2D eigenvalue weighted by atomic mass is 32.2. The summed E-state index contributed by atoms with van der Waals surface area (Å²) in [5, 5.41) is 7.38. The van der Waals surface area contributed by atoms with Gasteiger partial charge in [0.05, 0.1) is 9.77 Å². The topological polar surface area (TPSA) is 95.6 Å². The first-order chi connectivity index (χ1) is 15.3. The van der Waals surface area contributed by atoms with E-state index < -0.39 is 22.0 Å². The lowest BCUT2D eigenvalue weighted by Gasteiger charge is -2.20. The van der Waals surface area contributed by atoms with Crippen LogP contribution in [0.4, 0.5) is 0 Å². The van der Waals surface area contributed by atoms with E-state index in [1.807, 2.05) is 30.3 Å². The maximum Gasteiger partial charge on any atom is 0.262 e. The number of sulfonamides is 1. The van der Waals surface area contributed by atoms with Gasteiger partial charge in [0.1, 0.15) is 6.04 Å². The molecule has 2 aromatic carbocycles. The van der Waals surface area contributed by atoms with Crippen molar-refractivity contribution < 1.29 is 18.0 Å². The van der Waals surface area contributed by atoms with Crippen LogP contribution in [0.5, 0.6) is 0 Å². The van der Waals surface area contributed by atoms with Gasteiger partial charge < -0.3 is 10.6 Å². The Hall–Kier alpha value is -3.01. The molecule has 0 aliphatic carbocycles. The van der Waals surface area contributed by atoms with Crippen LogP contribution >= 0.6 is 11.3 Å². The molecule has 9 heteroatoms. The number of amides is 2. The molecule has 0 bridgehead atoms. The number of nitrogens with one attached hydrogen (secondary N) is 2. The Morgan fingerprint density at radius 1 is 0.969 bits per heavy atom. The largest absolute Gasteiger partial charge is 0.350 e. The lowest BCUT2D eigenvalue weighted by molar-refractivity contribution is -0.123. The molecule has 1 aromatic heterocycles. The van der Waals surface area contributed by atoms with Gasteiger partial charge >= 0.3 is 0 Å². The third-order valence-electron chi connectivity index (χ3n) is 4.83. The van der Waals surface area contributed by atoms with Crippen LogP contribution in [0.2, 0.25) is 0 Å². The van der Waals surface area contributed by atoms with Crippen LogP contribution in [-0.2, 0) is 27.8 Å². The molecule has 3 aromatic rings. The molecule has 0 saturated heterocycles. The first-order valence-electron chi connectivity index (χ1n) is 9.95. The Kier molecular flexibility index (Phi) is 7.79. The zero-order valence-electron chi connectivity index (χ0n) is 17.8. The van der Waals surface area contributed by atoms with E-state index in [1.165, 1.54) is 31.5 Å². The van der Waals surface area contributed by atoms with Crippen molar-refractivity contribution in [3.8, 4) is 0 Å². The summed E-state index contributed by atoms with van der Waals surface area (Å²) in [6.07, 6.45) is 0.307. The molecule has 0 spiro atoms. The molecular formula is C23H25N3O4S2. The van der Waals surface area contributed by atoms with Crippen LogP contribution < -0.4 is 10.6 Å². The van der Waals surface area contributed by atoms with E-state index in [0.717, 1.165) is 9.87 Å². The Morgan fingerprint density at radius 2 is 1.66 bits per heavy atom. The minimum Gasteiger partial charge on any atom is -0.350 e. The van der Waals surface area contributed by atoms with E-state index in [0.29, 0.717) is 16.9 Å². The molecule has 1 unspecified atom stereocenters. The van der Waals surface area contributed by atoms with Crippen molar-refractivity contribution in [1.29, 1.82) is 0 Å². The number of nitrogens with zero attached hydrogens (tertiary/aromatic N) is 1. The number of benzene rings is 2. The molecule has 2 amide bonds. The van der Waals surface area contributed by atoms with Gasteiger partial charge in [-0.3, -0.25) is 9.59 Å². The maximum absolute atomic E-state index is 13.0.